The number of benzene rings is 2. The fourth-order valence-corrected chi connectivity index (χ4v) is 4.37. The largest absolute Gasteiger partial charge is 0.486 e. The van der Waals surface area contributed by atoms with Crippen LogP contribution in [0.5, 0.6) is 11.5 Å². The maximum atomic E-state index is 12.7. The summed E-state index contributed by atoms with van der Waals surface area (Å²) >= 11 is 11.8. The van der Waals surface area contributed by atoms with Crippen LogP contribution in [0.1, 0.15) is 34.8 Å². The monoisotopic (exact) mass is 492 g/mol. The SMILES string of the molecule is O=C(CNC(=O)c1ccc(Cl)cc1Cl)OCC(=O)N1CCCC1c1ccc2c(c1)OCCO2. The molecule has 174 valence electrons. The fourth-order valence-electron chi connectivity index (χ4n) is 3.88. The van der Waals surface area contributed by atoms with E-state index in [0.29, 0.717) is 36.3 Å². The van der Waals surface area contributed by atoms with Crippen LogP contribution in [0.25, 0.3) is 0 Å². The van der Waals surface area contributed by atoms with Crippen LogP contribution in [0.3, 0.4) is 0 Å². The van der Waals surface area contributed by atoms with Gasteiger partial charge in [0.05, 0.1) is 16.6 Å². The highest BCUT2D eigenvalue weighted by Gasteiger charge is 2.31. The Balaban J connectivity index is 1.29. The first kappa shape index (κ1) is 23.2. The molecule has 0 saturated carbocycles. The number of nitrogens with zero attached hydrogens (tertiary/aromatic N) is 1. The van der Waals surface area contributed by atoms with E-state index < -0.39 is 25.0 Å². The molecular weight excluding hydrogens is 471 g/mol. The minimum Gasteiger partial charge on any atom is -0.486 e. The Labute approximate surface area is 200 Å². The van der Waals surface area contributed by atoms with Gasteiger partial charge in [0, 0.05) is 11.6 Å². The van der Waals surface area contributed by atoms with Gasteiger partial charge in [-0.2, -0.15) is 0 Å². The average Bonchev–Trinajstić information content (AvgIpc) is 3.31. The lowest BCUT2D eigenvalue weighted by Crippen LogP contribution is -2.36. The van der Waals surface area contributed by atoms with Crippen molar-refractivity contribution in [3.8, 4) is 11.5 Å². The summed E-state index contributed by atoms with van der Waals surface area (Å²) in [6.07, 6.45) is 1.65. The van der Waals surface area contributed by atoms with Gasteiger partial charge < -0.3 is 24.4 Å². The topological polar surface area (TPSA) is 94.2 Å². The van der Waals surface area contributed by atoms with Crippen molar-refractivity contribution >= 4 is 41.0 Å². The molecule has 0 bridgehead atoms. The number of carbonyl (C=O) groups excluding carboxylic acids is 3. The van der Waals surface area contributed by atoms with Crippen LogP contribution in [-0.4, -0.2) is 55.6 Å². The minimum atomic E-state index is -0.725. The molecule has 0 spiro atoms. The molecule has 1 saturated heterocycles. The van der Waals surface area contributed by atoms with Crippen LogP contribution in [0.15, 0.2) is 36.4 Å². The molecule has 2 aromatic carbocycles. The summed E-state index contributed by atoms with van der Waals surface area (Å²) in [4.78, 5) is 38.7. The van der Waals surface area contributed by atoms with Gasteiger partial charge in [-0.15, -0.1) is 0 Å². The number of ether oxygens (including phenoxy) is 3. The Morgan fingerprint density at radius 2 is 1.85 bits per heavy atom. The number of carbonyl (C=O) groups is 3. The van der Waals surface area contributed by atoms with Gasteiger partial charge in [-0.25, -0.2) is 0 Å². The van der Waals surface area contributed by atoms with Crippen molar-refractivity contribution in [3.63, 3.8) is 0 Å². The second-order valence-electron chi connectivity index (χ2n) is 7.62. The van der Waals surface area contributed by atoms with E-state index in [-0.39, 0.29) is 22.5 Å². The van der Waals surface area contributed by atoms with Gasteiger partial charge in [-0.3, -0.25) is 14.4 Å². The molecular formula is C23H22Cl2N2O6. The molecule has 2 heterocycles. The van der Waals surface area contributed by atoms with Crippen LogP contribution in [-0.2, 0) is 14.3 Å². The first-order chi connectivity index (χ1) is 15.9. The van der Waals surface area contributed by atoms with E-state index in [1.807, 2.05) is 18.2 Å². The lowest BCUT2D eigenvalue weighted by molar-refractivity contribution is -0.151. The summed E-state index contributed by atoms with van der Waals surface area (Å²) < 4.78 is 16.3. The number of halogens is 2. The van der Waals surface area contributed by atoms with Crippen molar-refractivity contribution in [2.24, 2.45) is 0 Å². The zero-order chi connectivity index (χ0) is 23.4. The Morgan fingerprint density at radius 1 is 1.06 bits per heavy atom. The van der Waals surface area contributed by atoms with Crippen LogP contribution in [0.4, 0.5) is 0 Å². The third kappa shape index (κ3) is 5.51. The normalized spacial score (nSPS) is 16.9. The molecule has 0 aliphatic carbocycles. The summed E-state index contributed by atoms with van der Waals surface area (Å²) in [5.41, 5.74) is 1.13. The van der Waals surface area contributed by atoms with Crippen LogP contribution < -0.4 is 14.8 Å². The van der Waals surface area contributed by atoms with Crippen molar-refractivity contribution in [3.05, 3.63) is 57.6 Å². The number of hydrogen-bond donors (Lipinski definition) is 1. The Kier molecular flexibility index (Phi) is 7.25. The molecule has 33 heavy (non-hydrogen) atoms. The van der Waals surface area contributed by atoms with E-state index in [1.54, 1.807) is 4.90 Å². The van der Waals surface area contributed by atoms with Crippen LogP contribution in [0.2, 0.25) is 10.0 Å². The quantitative estimate of drug-likeness (QED) is 0.621. The highest BCUT2D eigenvalue weighted by molar-refractivity contribution is 6.36. The summed E-state index contributed by atoms with van der Waals surface area (Å²) in [5, 5.41) is 2.99. The van der Waals surface area contributed by atoms with Gasteiger partial charge in [0.25, 0.3) is 11.8 Å². The first-order valence-corrected chi connectivity index (χ1v) is 11.3. The van der Waals surface area contributed by atoms with E-state index in [4.69, 9.17) is 37.4 Å². The van der Waals surface area contributed by atoms with Crippen LogP contribution in [0, 0.1) is 0 Å². The number of fused-ring (bicyclic) bond motifs is 1. The molecule has 10 heteroatoms. The number of nitrogens with one attached hydrogen (secondary N) is 1. The predicted octanol–water partition coefficient (Wildman–Crippen LogP) is 3.40. The first-order valence-electron chi connectivity index (χ1n) is 10.5. The van der Waals surface area contributed by atoms with Crippen LogP contribution >= 0.6 is 23.2 Å². The third-order valence-electron chi connectivity index (χ3n) is 5.45. The second kappa shape index (κ2) is 10.3. The van der Waals surface area contributed by atoms with E-state index in [9.17, 15) is 14.4 Å². The van der Waals surface area contributed by atoms with Gasteiger partial charge >= 0.3 is 5.97 Å². The summed E-state index contributed by atoms with van der Waals surface area (Å²) in [6.45, 7) is 0.773. The predicted molar refractivity (Wildman–Crippen MR) is 121 cm³/mol. The van der Waals surface area contributed by atoms with Crippen molar-refractivity contribution in [2.45, 2.75) is 18.9 Å². The number of likely N-dealkylation sites (tertiary alicyclic amines) is 1. The second-order valence-corrected chi connectivity index (χ2v) is 8.46. The number of esters is 1. The minimum absolute atomic E-state index is 0.126. The van der Waals surface area contributed by atoms with Gasteiger partial charge in [0.2, 0.25) is 0 Å². The summed E-state index contributed by atoms with van der Waals surface area (Å²) in [7, 11) is 0. The number of rotatable bonds is 6. The van der Waals surface area contributed by atoms with E-state index >= 15 is 0 Å². The fraction of sp³-hybridized carbons (Fsp3) is 0.348. The summed E-state index contributed by atoms with van der Waals surface area (Å²) in [6, 6.07) is 9.96. The maximum Gasteiger partial charge on any atom is 0.325 e. The Hall–Kier alpha value is -2.97. The smallest absolute Gasteiger partial charge is 0.325 e. The zero-order valence-corrected chi connectivity index (χ0v) is 19.2. The molecule has 2 aromatic rings. The molecule has 0 radical (unpaired) electrons. The van der Waals surface area contributed by atoms with Gasteiger partial charge in [0.15, 0.2) is 18.1 Å². The molecule has 1 N–H and O–H groups in total. The third-order valence-corrected chi connectivity index (χ3v) is 6.00. The highest BCUT2D eigenvalue weighted by atomic mass is 35.5. The number of amides is 2. The number of hydrogen-bond acceptors (Lipinski definition) is 6. The van der Waals surface area contributed by atoms with Crippen molar-refractivity contribution in [1.29, 1.82) is 0 Å². The van der Waals surface area contributed by atoms with Gasteiger partial charge in [-0.1, -0.05) is 29.3 Å². The Morgan fingerprint density at radius 3 is 2.64 bits per heavy atom. The van der Waals surface area contributed by atoms with E-state index in [1.165, 1.54) is 18.2 Å². The van der Waals surface area contributed by atoms with E-state index in [0.717, 1.165) is 18.4 Å². The zero-order valence-electron chi connectivity index (χ0n) is 17.6. The molecule has 2 aliphatic heterocycles. The highest BCUT2D eigenvalue weighted by Crippen LogP contribution is 2.38. The molecule has 2 aliphatic rings. The molecule has 0 aromatic heterocycles. The molecule has 8 nitrogen and oxygen atoms in total. The van der Waals surface area contributed by atoms with Gasteiger partial charge in [-0.05, 0) is 48.7 Å². The summed E-state index contributed by atoms with van der Waals surface area (Å²) in [5.74, 6) is -0.208. The lowest BCUT2D eigenvalue weighted by atomic mass is 10.0. The Bertz CT molecular complexity index is 1080. The van der Waals surface area contributed by atoms with Gasteiger partial charge in [0.1, 0.15) is 19.8 Å². The molecule has 1 unspecified atom stereocenters. The molecule has 1 atom stereocenters. The maximum absolute atomic E-state index is 12.7. The molecule has 2 amide bonds. The van der Waals surface area contributed by atoms with Crippen molar-refractivity contribution in [2.75, 3.05) is 32.9 Å². The standard InChI is InChI=1S/C23H22Cl2N2O6/c24-15-4-5-16(17(25)11-15)23(30)26-12-22(29)33-13-21(28)27-7-1-2-18(27)14-3-6-19-20(10-14)32-9-8-31-19/h3-6,10-11,18H,1-2,7-9,12-13H2,(H,26,30). The lowest BCUT2D eigenvalue weighted by Gasteiger charge is -2.26. The average molecular weight is 493 g/mol. The molecule has 1 fully saturated rings. The van der Waals surface area contributed by atoms with Crippen molar-refractivity contribution < 1.29 is 28.6 Å². The van der Waals surface area contributed by atoms with Crippen molar-refractivity contribution in [1.82, 2.24) is 10.2 Å². The van der Waals surface area contributed by atoms with E-state index in [2.05, 4.69) is 5.32 Å². The molecule has 4 rings (SSSR count).